The van der Waals surface area contributed by atoms with Crippen LogP contribution in [-0.4, -0.2) is 59.0 Å². The second-order valence-corrected chi connectivity index (χ2v) is 17.3. The van der Waals surface area contributed by atoms with E-state index in [0.29, 0.717) is 12.8 Å². The van der Waals surface area contributed by atoms with Crippen LogP contribution in [0.5, 0.6) is 0 Å². The van der Waals surface area contributed by atoms with Crippen molar-refractivity contribution in [2.75, 3.05) is 19.8 Å². The van der Waals surface area contributed by atoms with Crippen LogP contribution in [0.4, 0.5) is 0 Å². The van der Waals surface area contributed by atoms with Crippen LogP contribution >= 0.6 is 7.82 Å². The highest BCUT2D eigenvalue weighted by Crippen LogP contribution is 2.43. The second kappa shape index (κ2) is 39.7. The number of unbranched alkanes of at least 4 members (excludes halogenated alkanes) is 29. The van der Waals surface area contributed by atoms with Gasteiger partial charge in [0, 0.05) is 6.54 Å². The third kappa shape index (κ3) is 38.1. The first kappa shape index (κ1) is 52.5. The molecule has 0 bridgehead atoms. The first-order valence-corrected chi connectivity index (χ1v) is 24.2. The molecule has 0 aromatic rings. The predicted molar refractivity (Wildman–Crippen MR) is 223 cm³/mol. The van der Waals surface area contributed by atoms with E-state index in [1.807, 2.05) is 0 Å². The summed E-state index contributed by atoms with van der Waals surface area (Å²) in [6.07, 6.45) is 38.7. The molecule has 0 rings (SSSR count). The Labute approximate surface area is 327 Å². The minimum atomic E-state index is -4.37. The third-order valence-electron chi connectivity index (χ3n) is 10.5. The Hall–Kier alpha value is -0.540. The van der Waals surface area contributed by atoms with Gasteiger partial charge in [0.25, 0.3) is 0 Å². The lowest BCUT2D eigenvalue weighted by Crippen LogP contribution is -2.47. The first-order valence-electron chi connectivity index (χ1n) is 22.7. The van der Waals surface area contributed by atoms with Crippen LogP contribution in [0, 0.1) is 0 Å². The smallest absolute Gasteiger partial charge is 0.393 e. The van der Waals surface area contributed by atoms with Gasteiger partial charge in [-0.05, 0) is 12.8 Å². The molecule has 1 amide bonds. The number of carbonyl (C=O) groups excluding carboxylic acids is 1. The monoisotopic (exact) mass is 777 g/mol. The minimum Gasteiger partial charge on any atom is -0.393 e. The van der Waals surface area contributed by atoms with Gasteiger partial charge in [-0.3, -0.25) is 13.8 Å². The first-order chi connectivity index (χ1) is 25.8. The van der Waals surface area contributed by atoms with Crippen LogP contribution in [0.3, 0.4) is 0 Å². The number of rotatable bonds is 43. The fraction of sp³-hybridized carbons (Fsp3) is 0.977. The van der Waals surface area contributed by atoms with Gasteiger partial charge in [-0.25, -0.2) is 4.57 Å². The van der Waals surface area contributed by atoms with Crippen molar-refractivity contribution in [3.8, 4) is 0 Å². The van der Waals surface area contributed by atoms with Crippen LogP contribution in [0.15, 0.2) is 0 Å². The Bertz CT molecular complexity index is 822. The zero-order valence-corrected chi connectivity index (χ0v) is 35.8. The fourth-order valence-electron chi connectivity index (χ4n) is 7.06. The lowest BCUT2D eigenvalue weighted by molar-refractivity contribution is -0.125. The number of phosphoric acid groups is 1. The van der Waals surface area contributed by atoms with E-state index < -0.39 is 32.0 Å². The summed E-state index contributed by atoms with van der Waals surface area (Å²) in [4.78, 5) is 22.7. The summed E-state index contributed by atoms with van der Waals surface area (Å²) >= 11 is 0. The average Bonchev–Trinajstić information content (AvgIpc) is 3.13. The number of hydrogen-bond acceptors (Lipinski definition) is 7. The van der Waals surface area contributed by atoms with Crippen LogP contribution in [0.2, 0.25) is 0 Å². The van der Waals surface area contributed by atoms with Crippen LogP contribution in [0.25, 0.3) is 0 Å². The van der Waals surface area contributed by atoms with E-state index in [4.69, 9.17) is 14.8 Å². The second-order valence-electron chi connectivity index (χ2n) is 15.8. The Morgan fingerprint density at radius 1 is 0.566 bits per heavy atom. The molecule has 0 fully saturated rings. The van der Waals surface area contributed by atoms with Crippen LogP contribution < -0.4 is 11.1 Å². The van der Waals surface area contributed by atoms with E-state index in [-0.39, 0.29) is 26.2 Å². The Balaban J connectivity index is 4.07. The lowest BCUT2D eigenvalue weighted by atomic mass is 10.0. The quantitative estimate of drug-likeness (QED) is 0.0303. The number of hydrogen-bond donors (Lipinski definition) is 5. The number of aliphatic hydroxyl groups is 2. The van der Waals surface area contributed by atoms with Gasteiger partial charge in [0.15, 0.2) is 0 Å². The molecule has 0 spiro atoms. The van der Waals surface area contributed by atoms with Crippen molar-refractivity contribution in [2.24, 2.45) is 5.73 Å². The maximum absolute atomic E-state index is 12.8. The van der Waals surface area contributed by atoms with Gasteiger partial charge >= 0.3 is 7.82 Å². The van der Waals surface area contributed by atoms with Gasteiger partial charge < -0.3 is 26.2 Å². The standard InChI is InChI=1S/C43H89N2O7P/c1-3-5-7-9-11-13-15-16-17-18-19-20-21-22-23-24-25-26-28-30-32-34-40(46)38-43(48)45-41(39-52-53(49,50)51-37-36-44)42(47)35-33-31-29-27-14-12-10-8-6-4-2/h40-42,46-47H,3-39,44H2,1-2H3,(H,45,48)(H,49,50). The Kier molecular flexibility index (Phi) is 39.3. The highest BCUT2D eigenvalue weighted by Gasteiger charge is 2.28. The van der Waals surface area contributed by atoms with Gasteiger partial charge in [0.1, 0.15) is 0 Å². The van der Waals surface area contributed by atoms with Gasteiger partial charge in [0.2, 0.25) is 5.91 Å². The van der Waals surface area contributed by atoms with Crippen molar-refractivity contribution in [1.82, 2.24) is 5.32 Å². The molecule has 4 unspecified atom stereocenters. The van der Waals surface area contributed by atoms with Gasteiger partial charge in [0.05, 0.1) is 37.9 Å². The summed E-state index contributed by atoms with van der Waals surface area (Å²) in [7, 11) is -4.37. The number of phosphoric ester groups is 1. The lowest BCUT2D eigenvalue weighted by Gasteiger charge is -2.25. The molecule has 0 aliphatic rings. The molecular weight excluding hydrogens is 687 g/mol. The Morgan fingerprint density at radius 2 is 0.906 bits per heavy atom. The van der Waals surface area contributed by atoms with E-state index in [9.17, 15) is 24.5 Å². The molecule has 0 saturated heterocycles. The molecule has 10 heteroatoms. The van der Waals surface area contributed by atoms with Crippen LogP contribution in [0.1, 0.15) is 232 Å². The number of nitrogens with two attached hydrogens (primary N) is 1. The summed E-state index contributed by atoms with van der Waals surface area (Å²) in [5.74, 6) is -0.410. The molecular formula is C43H89N2O7P. The van der Waals surface area contributed by atoms with Crippen LogP contribution in [-0.2, 0) is 18.4 Å². The highest BCUT2D eigenvalue weighted by atomic mass is 31.2. The van der Waals surface area contributed by atoms with E-state index >= 15 is 0 Å². The molecule has 0 heterocycles. The molecule has 53 heavy (non-hydrogen) atoms. The Morgan fingerprint density at radius 3 is 1.26 bits per heavy atom. The van der Waals surface area contributed by atoms with E-state index in [2.05, 4.69) is 19.2 Å². The van der Waals surface area contributed by atoms with Crippen molar-refractivity contribution < 1.29 is 33.5 Å². The molecule has 0 aliphatic heterocycles. The summed E-state index contributed by atoms with van der Waals surface area (Å²) in [6, 6.07) is -0.889. The van der Waals surface area contributed by atoms with E-state index in [0.717, 1.165) is 38.5 Å². The molecule has 4 atom stereocenters. The molecule has 0 saturated carbocycles. The largest absolute Gasteiger partial charge is 0.472 e. The van der Waals surface area contributed by atoms with E-state index in [1.54, 1.807) is 0 Å². The van der Waals surface area contributed by atoms with Crippen molar-refractivity contribution in [2.45, 2.75) is 250 Å². The summed E-state index contributed by atoms with van der Waals surface area (Å²) in [6.45, 7) is 4.05. The molecule has 0 radical (unpaired) electrons. The maximum Gasteiger partial charge on any atom is 0.472 e. The zero-order valence-electron chi connectivity index (χ0n) is 34.9. The molecule has 6 N–H and O–H groups in total. The SMILES string of the molecule is CCCCCCCCCCCCCCCCCCCCCCCC(O)CC(=O)NC(COP(=O)(O)OCCN)C(O)CCCCCCCCCCCC. The molecule has 318 valence electrons. The summed E-state index contributed by atoms with van der Waals surface area (Å²) in [5, 5.41) is 24.1. The van der Waals surface area contributed by atoms with Crippen molar-refractivity contribution in [3.63, 3.8) is 0 Å². The fourth-order valence-corrected chi connectivity index (χ4v) is 7.82. The predicted octanol–water partition coefficient (Wildman–Crippen LogP) is 11.6. The van der Waals surface area contributed by atoms with Gasteiger partial charge in [-0.2, -0.15) is 0 Å². The summed E-state index contributed by atoms with van der Waals surface area (Å²) in [5.41, 5.74) is 5.36. The maximum atomic E-state index is 12.8. The number of nitrogens with one attached hydrogen (secondary N) is 1. The van der Waals surface area contributed by atoms with Crippen molar-refractivity contribution >= 4 is 13.7 Å². The highest BCUT2D eigenvalue weighted by molar-refractivity contribution is 7.47. The molecule has 0 aromatic carbocycles. The topological polar surface area (TPSA) is 151 Å². The van der Waals surface area contributed by atoms with Gasteiger partial charge in [-0.15, -0.1) is 0 Å². The number of aliphatic hydroxyl groups excluding tert-OH is 2. The molecule has 9 nitrogen and oxygen atoms in total. The minimum absolute atomic E-state index is 0.0624. The van der Waals surface area contributed by atoms with Crippen molar-refractivity contribution in [1.29, 1.82) is 0 Å². The van der Waals surface area contributed by atoms with E-state index in [1.165, 1.54) is 161 Å². The normalized spacial score (nSPS) is 14.6. The van der Waals surface area contributed by atoms with Gasteiger partial charge in [-0.1, -0.05) is 213 Å². The zero-order chi connectivity index (χ0) is 39.1. The summed E-state index contributed by atoms with van der Waals surface area (Å²) < 4.78 is 22.1. The number of carbonyl (C=O) groups is 1. The molecule has 0 aromatic heterocycles. The number of amides is 1. The molecule has 0 aliphatic carbocycles. The third-order valence-corrected chi connectivity index (χ3v) is 11.5. The van der Waals surface area contributed by atoms with Crippen molar-refractivity contribution in [3.05, 3.63) is 0 Å². The average molecular weight is 777 g/mol.